The van der Waals surface area contributed by atoms with E-state index in [0.717, 1.165) is 32.5 Å². The number of carbonyl (C=O) groups excluding carboxylic acids is 1. The van der Waals surface area contributed by atoms with E-state index < -0.39 is 0 Å². The Morgan fingerprint density at radius 1 is 1.11 bits per heavy atom. The van der Waals surface area contributed by atoms with E-state index in [4.69, 9.17) is 0 Å². The molecule has 0 unspecified atom stereocenters. The lowest BCUT2D eigenvalue weighted by Gasteiger charge is -2.26. The van der Waals surface area contributed by atoms with Gasteiger partial charge in [0.2, 0.25) is 5.91 Å². The summed E-state index contributed by atoms with van der Waals surface area (Å²) in [7, 11) is 0. The second-order valence-electron chi connectivity index (χ2n) is 5.21. The van der Waals surface area contributed by atoms with Crippen LogP contribution in [0.2, 0.25) is 0 Å². The Bertz CT molecular complexity index is 372. The summed E-state index contributed by atoms with van der Waals surface area (Å²) in [6, 6.07) is 10.5. The summed E-state index contributed by atoms with van der Waals surface area (Å²) in [5.41, 5.74) is 1.37. The van der Waals surface area contributed by atoms with Crippen molar-refractivity contribution in [2.24, 2.45) is 0 Å². The molecule has 1 saturated heterocycles. The van der Waals surface area contributed by atoms with Gasteiger partial charge in [-0.05, 0) is 44.2 Å². The van der Waals surface area contributed by atoms with E-state index >= 15 is 0 Å². The van der Waals surface area contributed by atoms with Crippen molar-refractivity contribution in [3.63, 3.8) is 0 Å². The molecular weight excluding hydrogens is 236 g/mol. The van der Waals surface area contributed by atoms with Gasteiger partial charge in [-0.3, -0.25) is 4.79 Å². The fourth-order valence-corrected chi connectivity index (χ4v) is 2.51. The number of aryl methyl sites for hydroxylation is 1. The molecule has 0 aromatic heterocycles. The lowest BCUT2D eigenvalue weighted by atomic mass is 10.1. The number of carbonyl (C=O) groups is 1. The summed E-state index contributed by atoms with van der Waals surface area (Å²) in [5, 5.41) is 3.26. The number of piperidine rings is 1. The lowest BCUT2D eigenvalue weighted by molar-refractivity contribution is -0.131. The van der Waals surface area contributed by atoms with E-state index in [2.05, 4.69) is 29.6 Å². The Morgan fingerprint density at radius 2 is 1.84 bits per heavy atom. The van der Waals surface area contributed by atoms with Crippen molar-refractivity contribution in [3.8, 4) is 0 Å². The summed E-state index contributed by atoms with van der Waals surface area (Å²) in [6.45, 7) is 3.30. The minimum Gasteiger partial charge on any atom is -0.342 e. The molecule has 1 N–H and O–H groups in total. The van der Waals surface area contributed by atoms with Gasteiger partial charge >= 0.3 is 0 Å². The maximum absolute atomic E-state index is 11.9. The van der Waals surface area contributed by atoms with Gasteiger partial charge in [-0.15, -0.1) is 0 Å². The molecule has 0 radical (unpaired) electrons. The third-order valence-electron chi connectivity index (χ3n) is 3.65. The normalized spacial score (nSPS) is 15.5. The molecular formula is C16H24N2O. The fraction of sp³-hybridized carbons (Fsp3) is 0.562. The Labute approximate surface area is 116 Å². The van der Waals surface area contributed by atoms with Crippen molar-refractivity contribution in [2.45, 2.75) is 32.1 Å². The van der Waals surface area contributed by atoms with Crippen molar-refractivity contribution in [2.75, 3.05) is 26.2 Å². The molecule has 1 aliphatic rings. The first-order chi connectivity index (χ1) is 9.36. The Morgan fingerprint density at radius 3 is 2.58 bits per heavy atom. The van der Waals surface area contributed by atoms with Gasteiger partial charge in [0.05, 0.1) is 6.54 Å². The zero-order valence-electron chi connectivity index (χ0n) is 11.6. The molecule has 2 rings (SSSR count). The van der Waals surface area contributed by atoms with Gasteiger partial charge in [-0.25, -0.2) is 0 Å². The fourth-order valence-electron chi connectivity index (χ4n) is 2.51. The van der Waals surface area contributed by atoms with Gasteiger partial charge in [0.1, 0.15) is 0 Å². The van der Waals surface area contributed by atoms with Crippen LogP contribution in [0.25, 0.3) is 0 Å². The first kappa shape index (κ1) is 14.1. The molecule has 3 nitrogen and oxygen atoms in total. The largest absolute Gasteiger partial charge is 0.342 e. The van der Waals surface area contributed by atoms with Crippen molar-refractivity contribution in [1.29, 1.82) is 0 Å². The van der Waals surface area contributed by atoms with E-state index in [0.29, 0.717) is 6.54 Å². The van der Waals surface area contributed by atoms with Crippen LogP contribution in [0.15, 0.2) is 30.3 Å². The second-order valence-corrected chi connectivity index (χ2v) is 5.21. The summed E-state index contributed by atoms with van der Waals surface area (Å²) >= 11 is 0. The smallest absolute Gasteiger partial charge is 0.236 e. The van der Waals surface area contributed by atoms with Crippen LogP contribution in [0.5, 0.6) is 0 Å². The van der Waals surface area contributed by atoms with Crippen molar-refractivity contribution in [1.82, 2.24) is 10.2 Å². The third kappa shape index (κ3) is 5.03. The Balaban J connectivity index is 1.55. The number of hydrogen-bond donors (Lipinski definition) is 1. The molecule has 0 saturated carbocycles. The monoisotopic (exact) mass is 260 g/mol. The molecule has 1 aliphatic heterocycles. The molecule has 3 heteroatoms. The Hall–Kier alpha value is -1.35. The summed E-state index contributed by atoms with van der Waals surface area (Å²) in [6.07, 6.45) is 5.76. The molecule has 0 bridgehead atoms. The van der Waals surface area contributed by atoms with Gasteiger partial charge in [0.25, 0.3) is 0 Å². The minimum absolute atomic E-state index is 0.263. The predicted molar refractivity (Wildman–Crippen MR) is 78.1 cm³/mol. The van der Waals surface area contributed by atoms with Crippen LogP contribution in [-0.2, 0) is 11.2 Å². The van der Waals surface area contributed by atoms with E-state index in [1.54, 1.807) is 0 Å². The predicted octanol–water partition coefficient (Wildman–Crippen LogP) is 2.22. The number of nitrogens with one attached hydrogen (secondary N) is 1. The van der Waals surface area contributed by atoms with Crippen molar-refractivity contribution in [3.05, 3.63) is 35.9 Å². The van der Waals surface area contributed by atoms with E-state index in [1.807, 2.05) is 11.0 Å². The average Bonchev–Trinajstić information content (AvgIpc) is 2.49. The zero-order chi connectivity index (χ0) is 13.3. The first-order valence-electron chi connectivity index (χ1n) is 7.39. The number of hydrogen-bond acceptors (Lipinski definition) is 2. The summed E-state index contributed by atoms with van der Waals surface area (Å²) in [4.78, 5) is 13.9. The topological polar surface area (TPSA) is 32.3 Å². The molecule has 1 heterocycles. The molecule has 19 heavy (non-hydrogen) atoms. The van der Waals surface area contributed by atoms with Crippen molar-refractivity contribution < 1.29 is 4.79 Å². The number of likely N-dealkylation sites (tertiary alicyclic amines) is 1. The second kappa shape index (κ2) is 7.95. The molecule has 0 spiro atoms. The first-order valence-corrected chi connectivity index (χ1v) is 7.39. The van der Waals surface area contributed by atoms with Gasteiger partial charge < -0.3 is 10.2 Å². The van der Waals surface area contributed by atoms with Gasteiger partial charge in [-0.1, -0.05) is 30.3 Å². The van der Waals surface area contributed by atoms with Crippen LogP contribution in [0, 0.1) is 0 Å². The average molecular weight is 260 g/mol. The van der Waals surface area contributed by atoms with Crippen LogP contribution >= 0.6 is 0 Å². The highest BCUT2D eigenvalue weighted by molar-refractivity contribution is 5.78. The van der Waals surface area contributed by atoms with Crippen LogP contribution in [-0.4, -0.2) is 37.0 Å². The molecule has 0 aliphatic carbocycles. The third-order valence-corrected chi connectivity index (χ3v) is 3.65. The standard InChI is InChI=1S/C16H24N2O/c19-16(18-12-5-2-6-13-18)14-17-11-7-10-15-8-3-1-4-9-15/h1,3-4,8-9,17H,2,5-7,10-14H2. The molecule has 104 valence electrons. The summed E-state index contributed by atoms with van der Waals surface area (Å²) in [5.74, 6) is 0.263. The number of benzene rings is 1. The van der Waals surface area contributed by atoms with Crippen LogP contribution < -0.4 is 5.32 Å². The number of rotatable bonds is 6. The lowest BCUT2D eigenvalue weighted by Crippen LogP contribution is -2.41. The van der Waals surface area contributed by atoms with Crippen LogP contribution in [0.1, 0.15) is 31.2 Å². The zero-order valence-corrected chi connectivity index (χ0v) is 11.6. The van der Waals surface area contributed by atoms with Crippen molar-refractivity contribution >= 4 is 5.91 Å². The van der Waals surface area contributed by atoms with E-state index in [9.17, 15) is 4.79 Å². The van der Waals surface area contributed by atoms with Crippen LogP contribution in [0.4, 0.5) is 0 Å². The highest BCUT2D eigenvalue weighted by Gasteiger charge is 2.15. The SMILES string of the molecule is O=C(CNCCCc1ccccc1)N1CCCCC1. The highest BCUT2D eigenvalue weighted by atomic mass is 16.2. The molecule has 1 aromatic rings. The molecule has 1 fully saturated rings. The Kier molecular flexibility index (Phi) is 5.89. The maximum atomic E-state index is 11.9. The quantitative estimate of drug-likeness (QED) is 0.795. The highest BCUT2D eigenvalue weighted by Crippen LogP contribution is 2.08. The number of nitrogens with zero attached hydrogens (tertiary/aromatic N) is 1. The molecule has 1 amide bonds. The van der Waals surface area contributed by atoms with Gasteiger partial charge in [0, 0.05) is 13.1 Å². The van der Waals surface area contributed by atoms with E-state index in [1.165, 1.54) is 24.8 Å². The maximum Gasteiger partial charge on any atom is 0.236 e. The molecule has 0 atom stereocenters. The summed E-state index contributed by atoms with van der Waals surface area (Å²) < 4.78 is 0. The van der Waals surface area contributed by atoms with E-state index in [-0.39, 0.29) is 5.91 Å². The minimum atomic E-state index is 0.263. The van der Waals surface area contributed by atoms with Gasteiger partial charge in [-0.2, -0.15) is 0 Å². The molecule has 1 aromatic carbocycles. The van der Waals surface area contributed by atoms with Crippen LogP contribution in [0.3, 0.4) is 0 Å². The number of amides is 1. The van der Waals surface area contributed by atoms with Gasteiger partial charge in [0.15, 0.2) is 0 Å².